The standard InChI is InChI=1S/C26H24ClN3O2/c27-21-9-3-1-6-16(21)14-17-11-12-20-23(19-8-2-4-10-22(19)29-24(17)20)26(32)30-13-5-7-18(15-30)25(28)31/h1-4,6,8-10,14,18H,5,7,11-13,15H2,(H2,28,31)/b17-14-. The summed E-state index contributed by atoms with van der Waals surface area (Å²) in [4.78, 5) is 32.3. The average Bonchev–Trinajstić information content (AvgIpc) is 3.20. The quantitative estimate of drug-likeness (QED) is 0.634. The average molecular weight is 446 g/mol. The molecule has 1 aromatic heterocycles. The Labute approximate surface area is 191 Å². The topological polar surface area (TPSA) is 76.3 Å². The summed E-state index contributed by atoms with van der Waals surface area (Å²) >= 11 is 6.38. The maximum Gasteiger partial charge on any atom is 0.254 e. The van der Waals surface area contributed by atoms with Crippen LogP contribution in [0.3, 0.4) is 0 Å². The molecule has 0 radical (unpaired) electrons. The Bertz CT molecular complexity index is 1270. The summed E-state index contributed by atoms with van der Waals surface area (Å²) in [6, 6.07) is 15.5. The summed E-state index contributed by atoms with van der Waals surface area (Å²) < 4.78 is 0. The lowest BCUT2D eigenvalue weighted by molar-refractivity contribution is -0.123. The number of nitrogens with zero attached hydrogens (tertiary/aromatic N) is 2. The molecule has 2 aromatic carbocycles. The summed E-state index contributed by atoms with van der Waals surface area (Å²) in [5.41, 5.74) is 10.9. The third kappa shape index (κ3) is 3.67. The second-order valence-corrected chi connectivity index (χ2v) is 8.92. The van der Waals surface area contributed by atoms with Crippen molar-refractivity contribution >= 4 is 46.0 Å². The molecular weight excluding hydrogens is 422 g/mol. The summed E-state index contributed by atoms with van der Waals surface area (Å²) in [5.74, 6) is -0.661. The molecule has 0 saturated carbocycles. The Balaban J connectivity index is 1.62. The minimum absolute atomic E-state index is 0.0372. The molecule has 1 aliphatic heterocycles. The molecule has 2 aliphatic rings. The van der Waals surface area contributed by atoms with Crippen LogP contribution in [0.1, 0.15) is 46.4 Å². The number of amides is 2. The number of allylic oxidation sites excluding steroid dienone is 1. The van der Waals surface area contributed by atoms with Crippen LogP contribution in [0.5, 0.6) is 0 Å². The Morgan fingerprint density at radius 2 is 1.88 bits per heavy atom. The maximum absolute atomic E-state index is 13.8. The van der Waals surface area contributed by atoms with Crippen LogP contribution in [0.2, 0.25) is 5.02 Å². The normalized spacial score (nSPS) is 19.3. The summed E-state index contributed by atoms with van der Waals surface area (Å²) in [5, 5.41) is 1.55. The minimum Gasteiger partial charge on any atom is -0.369 e. The first-order chi connectivity index (χ1) is 15.5. The van der Waals surface area contributed by atoms with Gasteiger partial charge < -0.3 is 10.6 Å². The first kappa shape index (κ1) is 20.7. The summed E-state index contributed by atoms with van der Waals surface area (Å²) in [6.45, 7) is 1.01. The Hall–Kier alpha value is -3.18. The van der Waals surface area contributed by atoms with Gasteiger partial charge >= 0.3 is 0 Å². The van der Waals surface area contributed by atoms with Gasteiger partial charge in [-0.25, -0.2) is 4.98 Å². The lowest BCUT2D eigenvalue weighted by atomic mass is 9.94. The predicted molar refractivity (Wildman–Crippen MR) is 127 cm³/mol. The van der Waals surface area contributed by atoms with E-state index >= 15 is 0 Å². The van der Waals surface area contributed by atoms with Crippen LogP contribution < -0.4 is 5.73 Å². The van der Waals surface area contributed by atoms with Gasteiger partial charge in [-0.1, -0.05) is 48.0 Å². The molecule has 2 heterocycles. The first-order valence-electron chi connectivity index (χ1n) is 11.0. The monoisotopic (exact) mass is 445 g/mol. The Kier molecular flexibility index (Phi) is 5.43. The molecule has 1 unspecified atom stereocenters. The lowest BCUT2D eigenvalue weighted by Gasteiger charge is -2.32. The van der Waals surface area contributed by atoms with E-state index in [4.69, 9.17) is 22.3 Å². The predicted octanol–water partition coefficient (Wildman–Crippen LogP) is 4.71. The number of pyridine rings is 1. The molecule has 5 nitrogen and oxygen atoms in total. The molecule has 0 bridgehead atoms. The van der Waals surface area contributed by atoms with Gasteiger partial charge in [0, 0.05) is 23.5 Å². The van der Waals surface area contributed by atoms with Gasteiger partial charge in [0.05, 0.1) is 22.7 Å². The third-order valence-electron chi connectivity index (χ3n) is 6.50. The van der Waals surface area contributed by atoms with Gasteiger partial charge in [-0.05, 0) is 60.6 Å². The summed E-state index contributed by atoms with van der Waals surface area (Å²) in [6.07, 6.45) is 5.14. The van der Waals surface area contributed by atoms with Crippen molar-refractivity contribution in [1.29, 1.82) is 0 Å². The molecule has 32 heavy (non-hydrogen) atoms. The molecule has 162 valence electrons. The van der Waals surface area contributed by atoms with E-state index in [1.165, 1.54) is 0 Å². The SMILES string of the molecule is NC(=O)C1CCCN(C(=O)c2c3c(nc4ccccc24)/C(=C\c2ccccc2Cl)CC3)C1. The van der Waals surface area contributed by atoms with Crippen molar-refractivity contribution < 1.29 is 9.59 Å². The molecule has 1 saturated heterocycles. The highest BCUT2D eigenvalue weighted by molar-refractivity contribution is 6.32. The van der Waals surface area contributed by atoms with Gasteiger partial charge in [0.15, 0.2) is 0 Å². The van der Waals surface area contributed by atoms with E-state index in [0.29, 0.717) is 23.7 Å². The fourth-order valence-electron chi connectivity index (χ4n) is 4.86. The largest absolute Gasteiger partial charge is 0.369 e. The second-order valence-electron chi connectivity index (χ2n) is 8.51. The number of hydrogen-bond donors (Lipinski definition) is 1. The molecule has 1 atom stereocenters. The summed E-state index contributed by atoms with van der Waals surface area (Å²) in [7, 11) is 0. The molecule has 1 aliphatic carbocycles. The van der Waals surface area contributed by atoms with Gasteiger partial charge in [0.25, 0.3) is 5.91 Å². The molecule has 1 fully saturated rings. The number of aromatic nitrogens is 1. The van der Waals surface area contributed by atoms with Crippen LogP contribution in [0.25, 0.3) is 22.6 Å². The highest BCUT2D eigenvalue weighted by Gasteiger charge is 2.32. The van der Waals surface area contributed by atoms with Crippen LogP contribution in [0, 0.1) is 5.92 Å². The van der Waals surface area contributed by atoms with Crippen LogP contribution in [0.4, 0.5) is 0 Å². The van der Waals surface area contributed by atoms with E-state index in [-0.39, 0.29) is 17.7 Å². The number of carbonyl (C=O) groups is 2. The van der Waals surface area contributed by atoms with Crippen LogP contribution in [-0.4, -0.2) is 34.8 Å². The number of nitrogens with two attached hydrogens (primary N) is 1. The maximum atomic E-state index is 13.8. The van der Waals surface area contributed by atoms with Crippen molar-refractivity contribution in [1.82, 2.24) is 9.88 Å². The van der Waals surface area contributed by atoms with Crippen molar-refractivity contribution in [3.05, 3.63) is 75.9 Å². The number of primary amides is 1. The van der Waals surface area contributed by atoms with E-state index in [1.54, 1.807) is 4.90 Å². The molecule has 2 N–H and O–H groups in total. The van der Waals surface area contributed by atoms with Crippen molar-refractivity contribution in [3.8, 4) is 0 Å². The van der Waals surface area contributed by atoms with E-state index < -0.39 is 0 Å². The molecule has 2 amide bonds. The number of carbonyl (C=O) groups excluding carboxylic acids is 2. The Morgan fingerprint density at radius 3 is 2.69 bits per heavy atom. The number of fused-ring (bicyclic) bond motifs is 2. The number of benzene rings is 2. The number of halogens is 1. The molecule has 0 spiro atoms. The molecule has 6 heteroatoms. The molecule has 5 rings (SSSR count). The first-order valence-corrected chi connectivity index (χ1v) is 11.4. The minimum atomic E-state index is -0.336. The highest BCUT2D eigenvalue weighted by atomic mass is 35.5. The van der Waals surface area contributed by atoms with E-state index in [0.717, 1.165) is 59.0 Å². The zero-order chi connectivity index (χ0) is 22.2. The van der Waals surface area contributed by atoms with Crippen LogP contribution in [-0.2, 0) is 11.2 Å². The second kappa shape index (κ2) is 8.40. The van der Waals surface area contributed by atoms with E-state index in [2.05, 4.69) is 6.08 Å². The van der Waals surface area contributed by atoms with Crippen molar-refractivity contribution in [2.24, 2.45) is 11.7 Å². The smallest absolute Gasteiger partial charge is 0.254 e. The van der Waals surface area contributed by atoms with Crippen LogP contribution in [0.15, 0.2) is 48.5 Å². The fourth-order valence-corrected chi connectivity index (χ4v) is 5.05. The zero-order valence-corrected chi connectivity index (χ0v) is 18.4. The number of para-hydroxylation sites is 1. The number of piperidine rings is 1. The van der Waals surface area contributed by atoms with E-state index in [9.17, 15) is 9.59 Å². The molecular formula is C26H24ClN3O2. The van der Waals surface area contributed by atoms with E-state index in [1.807, 2.05) is 48.5 Å². The number of rotatable bonds is 3. The van der Waals surface area contributed by atoms with Crippen LogP contribution >= 0.6 is 11.6 Å². The Morgan fingerprint density at radius 1 is 1.09 bits per heavy atom. The highest BCUT2D eigenvalue weighted by Crippen LogP contribution is 2.39. The number of likely N-dealkylation sites (tertiary alicyclic amines) is 1. The van der Waals surface area contributed by atoms with Crippen molar-refractivity contribution in [2.45, 2.75) is 25.7 Å². The fraction of sp³-hybridized carbons (Fsp3) is 0.269. The molecule has 3 aromatic rings. The van der Waals surface area contributed by atoms with Gasteiger partial charge in [0.2, 0.25) is 5.91 Å². The lowest BCUT2D eigenvalue weighted by Crippen LogP contribution is -2.44. The van der Waals surface area contributed by atoms with Gasteiger partial charge in [-0.2, -0.15) is 0 Å². The van der Waals surface area contributed by atoms with Gasteiger partial charge in [0.1, 0.15) is 0 Å². The zero-order valence-electron chi connectivity index (χ0n) is 17.7. The third-order valence-corrected chi connectivity index (χ3v) is 6.85. The van der Waals surface area contributed by atoms with Gasteiger partial charge in [-0.3, -0.25) is 9.59 Å². The number of hydrogen-bond acceptors (Lipinski definition) is 3. The van der Waals surface area contributed by atoms with Crippen molar-refractivity contribution in [3.63, 3.8) is 0 Å². The van der Waals surface area contributed by atoms with Crippen molar-refractivity contribution in [2.75, 3.05) is 13.1 Å². The van der Waals surface area contributed by atoms with Gasteiger partial charge in [-0.15, -0.1) is 0 Å².